The van der Waals surface area contributed by atoms with Crippen LogP contribution in [0, 0.1) is 0 Å². The zero-order valence-corrected chi connectivity index (χ0v) is 10.1. The number of hydrogen-bond acceptors (Lipinski definition) is 2. The number of hydrogen-bond donors (Lipinski definition) is 0. The summed E-state index contributed by atoms with van der Waals surface area (Å²) < 4.78 is 0. The molecule has 3 nitrogen and oxygen atoms in total. The second kappa shape index (κ2) is 4.53. The molecule has 0 unspecified atom stereocenters. The fourth-order valence-corrected chi connectivity index (χ4v) is 1.94. The maximum atomic E-state index is 11.6. The van der Waals surface area contributed by atoms with Crippen LogP contribution < -0.4 is 4.90 Å². The molecule has 0 aliphatic carbocycles. The summed E-state index contributed by atoms with van der Waals surface area (Å²) >= 11 is 0. The van der Waals surface area contributed by atoms with Crippen molar-refractivity contribution < 1.29 is 9.59 Å². The SMILES string of the molecule is CCc1cc(CC)cc(N2C(=O)C=CC2=O)c1. The average Bonchev–Trinajstić information content (AvgIpc) is 2.68. The number of amides is 2. The minimum Gasteiger partial charge on any atom is -0.269 e. The standard InChI is InChI=1S/C14H15NO2/c1-3-10-7-11(4-2)9-12(8-10)15-13(16)5-6-14(15)17/h5-9H,3-4H2,1-2H3. The van der Waals surface area contributed by atoms with Gasteiger partial charge in [-0.2, -0.15) is 0 Å². The summed E-state index contributed by atoms with van der Waals surface area (Å²) in [5, 5.41) is 0. The number of rotatable bonds is 3. The predicted molar refractivity (Wildman–Crippen MR) is 66.8 cm³/mol. The Morgan fingerprint density at radius 1 is 0.882 bits per heavy atom. The van der Waals surface area contributed by atoms with Gasteiger partial charge in [0, 0.05) is 12.2 Å². The molecular formula is C14H15NO2. The van der Waals surface area contributed by atoms with Gasteiger partial charge in [-0.05, 0) is 36.1 Å². The van der Waals surface area contributed by atoms with E-state index in [0.717, 1.165) is 24.0 Å². The van der Waals surface area contributed by atoms with Crippen LogP contribution in [0.1, 0.15) is 25.0 Å². The van der Waals surface area contributed by atoms with Crippen molar-refractivity contribution in [2.24, 2.45) is 0 Å². The maximum absolute atomic E-state index is 11.6. The summed E-state index contributed by atoms with van der Waals surface area (Å²) in [5.74, 6) is -0.518. The van der Waals surface area contributed by atoms with E-state index in [1.54, 1.807) is 0 Å². The van der Waals surface area contributed by atoms with Crippen LogP contribution in [0.4, 0.5) is 5.69 Å². The third-order valence-electron chi connectivity index (χ3n) is 2.92. The molecular weight excluding hydrogens is 214 g/mol. The van der Waals surface area contributed by atoms with Crippen molar-refractivity contribution in [2.75, 3.05) is 4.90 Å². The minimum absolute atomic E-state index is 0.259. The van der Waals surface area contributed by atoms with Crippen molar-refractivity contribution in [3.8, 4) is 0 Å². The Morgan fingerprint density at radius 3 is 1.76 bits per heavy atom. The molecule has 2 amide bonds. The van der Waals surface area contributed by atoms with E-state index in [-0.39, 0.29) is 11.8 Å². The van der Waals surface area contributed by atoms with E-state index in [1.807, 2.05) is 12.1 Å². The second-order valence-corrected chi connectivity index (χ2v) is 4.06. The zero-order valence-electron chi connectivity index (χ0n) is 10.1. The summed E-state index contributed by atoms with van der Waals surface area (Å²) in [6.45, 7) is 4.12. The first-order chi connectivity index (χ1) is 8.15. The highest BCUT2D eigenvalue weighted by molar-refractivity contribution is 6.28. The summed E-state index contributed by atoms with van der Waals surface area (Å²) in [4.78, 5) is 24.4. The quantitative estimate of drug-likeness (QED) is 0.745. The van der Waals surface area contributed by atoms with Crippen molar-refractivity contribution in [3.63, 3.8) is 0 Å². The Balaban J connectivity index is 2.44. The third-order valence-corrected chi connectivity index (χ3v) is 2.92. The van der Waals surface area contributed by atoms with E-state index in [4.69, 9.17) is 0 Å². The van der Waals surface area contributed by atoms with Crippen LogP contribution in [0.15, 0.2) is 30.4 Å². The summed E-state index contributed by atoms with van der Waals surface area (Å²) in [6, 6.07) is 5.92. The van der Waals surface area contributed by atoms with Gasteiger partial charge in [-0.3, -0.25) is 9.59 Å². The molecule has 0 spiro atoms. The van der Waals surface area contributed by atoms with E-state index in [1.165, 1.54) is 17.1 Å². The number of imide groups is 1. The van der Waals surface area contributed by atoms with E-state index < -0.39 is 0 Å². The first kappa shape index (κ1) is 11.6. The smallest absolute Gasteiger partial charge is 0.258 e. The maximum Gasteiger partial charge on any atom is 0.258 e. The monoisotopic (exact) mass is 229 g/mol. The third kappa shape index (κ3) is 2.13. The molecule has 0 fully saturated rings. The number of benzene rings is 1. The molecule has 1 aromatic carbocycles. The van der Waals surface area contributed by atoms with E-state index >= 15 is 0 Å². The molecule has 0 N–H and O–H groups in total. The van der Waals surface area contributed by atoms with Gasteiger partial charge in [0.25, 0.3) is 11.8 Å². The lowest BCUT2D eigenvalue weighted by molar-refractivity contribution is -0.119. The van der Waals surface area contributed by atoms with Gasteiger partial charge in [0.05, 0.1) is 5.69 Å². The first-order valence-corrected chi connectivity index (χ1v) is 5.84. The van der Waals surface area contributed by atoms with Crippen molar-refractivity contribution in [2.45, 2.75) is 26.7 Å². The lowest BCUT2D eigenvalue weighted by atomic mass is 10.0. The van der Waals surface area contributed by atoms with Crippen LogP contribution in [0.3, 0.4) is 0 Å². The molecule has 0 saturated carbocycles. The summed E-state index contributed by atoms with van der Waals surface area (Å²) in [7, 11) is 0. The van der Waals surface area contributed by atoms with Crippen molar-refractivity contribution in [3.05, 3.63) is 41.5 Å². The van der Waals surface area contributed by atoms with Crippen LogP contribution in [-0.2, 0) is 22.4 Å². The van der Waals surface area contributed by atoms with Gasteiger partial charge in [0.15, 0.2) is 0 Å². The number of nitrogens with zero attached hydrogens (tertiary/aromatic N) is 1. The fraction of sp³-hybridized carbons (Fsp3) is 0.286. The van der Waals surface area contributed by atoms with E-state index in [9.17, 15) is 9.59 Å². The molecule has 1 aliphatic rings. The molecule has 17 heavy (non-hydrogen) atoms. The van der Waals surface area contributed by atoms with Gasteiger partial charge in [0.2, 0.25) is 0 Å². The molecule has 0 radical (unpaired) electrons. The van der Waals surface area contributed by atoms with Crippen LogP contribution in [0.2, 0.25) is 0 Å². The molecule has 1 aromatic rings. The highest BCUT2D eigenvalue weighted by atomic mass is 16.2. The largest absolute Gasteiger partial charge is 0.269 e. The Hall–Kier alpha value is -1.90. The van der Waals surface area contributed by atoms with Crippen LogP contribution in [-0.4, -0.2) is 11.8 Å². The van der Waals surface area contributed by atoms with Gasteiger partial charge >= 0.3 is 0 Å². The Kier molecular flexibility index (Phi) is 3.09. The van der Waals surface area contributed by atoms with Crippen molar-refractivity contribution in [1.29, 1.82) is 0 Å². The lowest BCUT2D eigenvalue weighted by Gasteiger charge is -2.16. The molecule has 0 atom stereocenters. The topological polar surface area (TPSA) is 37.4 Å². The average molecular weight is 229 g/mol. The van der Waals surface area contributed by atoms with Crippen molar-refractivity contribution >= 4 is 17.5 Å². The molecule has 0 aromatic heterocycles. The fourth-order valence-electron chi connectivity index (χ4n) is 1.94. The Morgan fingerprint density at radius 2 is 1.35 bits per heavy atom. The summed E-state index contributed by atoms with van der Waals surface area (Å²) in [6.07, 6.45) is 4.41. The van der Waals surface area contributed by atoms with Gasteiger partial charge in [-0.1, -0.05) is 19.9 Å². The number of carbonyl (C=O) groups is 2. The first-order valence-electron chi connectivity index (χ1n) is 5.84. The van der Waals surface area contributed by atoms with Crippen LogP contribution >= 0.6 is 0 Å². The van der Waals surface area contributed by atoms with Crippen LogP contribution in [0.5, 0.6) is 0 Å². The molecule has 1 aliphatic heterocycles. The molecule has 2 rings (SSSR count). The minimum atomic E-state index is -0.259. The molecule has 0 bridgehead atoms. The molecule has 0 saturated heterocycles. The number of carbonyl (C=O) groups excluding carboxylic acids is 2. The number of anilines is 1. The van der Waals surface area contributed by atoms with E-state index in [2.05, 4.69) is 19.9 Å². The molecule has 88 valence electrons. The van der Waals surface area contributed by atoms with Gasteiger partial charge in [-0.15, -0.1) is 0 Å². The normalized spacial score (nSPS) is 14.8. The molecule has 1 heterocycles. The highest BCUT2D eigenvalue weighted by Gasteiger charge is 2.25. The van der Waals surface area contributed by atoms with Crippen LogP contribution in [0.25, 0.3) is 0 Å². The Bertz CT molecular complexity index is 463. The second-order valence-electron chi connectivity index (χ2n) is 4.06. The highest BCUT2D eigenvalue weighted by Crippen LogP contribution is 2.23. The van der Waals surface area contributed by atoms with Gasteiger partial charge in [0.1, 0.15) is 0 Å². The predicted octanol–water partition coefficient (Wildman–Crippen LogP) is 2.24. The zero-order chi connectivity index (χ0) is 12.4. The van der Waals surface area contributed by atoms with Gasteiger partial charge < -0.3 is 0 Å². The molecule has 3 heteroatoms. The van der Waals surface area contributed by atoms with Crippen molar-refractivity contribution in [1.82, 2.24) is 0 Å². The summed E-state index contributed by atoms with van der Waals surface area (Å²) in [5.41, 5.74) is 2.97. The lowest BCUT2D eigenvalue weighted by Crippen LogP contribution is -2.29. The van der Waals surface area contributed by atoms with Gasteiger partial charge in [-0.25, -0.2) is 4.90 Å². The van der Waals surface area contributed by atoms with E-state index in [0.29, 0.717) is 5.69 Å². The Labute approximate surface area is 101 Å². The number of aryl methyl sites for hydroxylation is 2.